The molecule has 282 valence electrons. The normalized spacial score (nSPS) is 14.8. The second-order valence-corrected chi connectivity index (χ2v) is 12.4. The Hall–Kier alpha value is -5.94. The van der Waals surface area contributed by atoms with Crippen LogP contribution in [0.15, 0.2) is 72.8 Å². The highest BCUT2D eigenvalue weighted by Gasteiger charge is 2.29. The van der Waals surface area contributed by atoms with E-state index in [1.807, 2.05) is 0 Å². The number of hydrogen-bond donors (Lipinski definition) is 6. The molecule has 4 aromatic carbocycles. The maximum Gasteiger partial charge on any atom is 0.323 e. The number of carboxylic acids is 2. The van der Waals surface area contributed by atoms with Crippen LogP contribution in [0.2, 0.25) is 0 Å². The summed E-state index contributed by atoms with van der Waals surface area (Å²) in [5.74, 6) is -4.00. The number of carboxylic acid groups (broad SMARTS) is 2. The molecule has 0 saturated carbocycles. The number of anilines is 2. The predicted octanol–water partition coefficient (Wildman–Crippen LogP) is 2.49. The lowest BCUT2D eigenvalue weighted by molar-refractivity contribution is -0.141. The van der Waals surface area contributed by atoms with Gasteiger partial charge in [-0.3, -0.25) is 19.2 Å². The van der Waals surface area contributed by atoms with Crippen LogP contribution < -0.4 is 29.9 Å². The third-order valence-electron chi connectivity index (χ3n) is 9.13. The minimum Gasteiger partial charge on any atom is -0.482 e. The SMILES string of the molecule is O=C(O)[C@H](CO)NCCN1C(=O)COc2cc(-c3cccc(-c4cccc(-c5ccc6c(c5)OCC(=O)N6CCN[C@@H](CO)C(=O)O)c4F)c3F)ccc21. The average molecular weight is 747 g/mol. The summed E-state index contributed by atoms with van der Waals surface area (Å²) in [6, 6.07) is 16.3. The van der Waals surface area contributed by atoms with Crippen molar-refractivity contribution in [3.05, 3.63) is 84.4 Å². The molecular weight excluding hydrogens is 710 g/mol. The van der Waals surface area contributed by atoms with Crippen LogP contribution in [-0.4, -0.2) is 109 Å². The van der Waals surface area contributed by atoms with E-state index >= 15 is 8.78 Å². The van der Waals surface area contributed by atoms with Gasteiger partial charge in [-0.05, 0) is 35.4 Å². The second-order valence-electron chi connectivity index (χ2n) is 12.4. The molecule has 54 heavy (non-hydrogen) atoms. The van der Waals surface area contributed by atoms with Gasteiger partial charge in [-0.2, -0.15) is 0 Å². The molecule has 0 spiro atoms. The van der Waals surface area contributed by atoms with Crippen LogP contribution in [0.25, 0.3) is 33.4 Å². The lowest BCUT2D eigenvalue weighted by Crippen LogP contribution is -2.46. The summed E-state index contributed by atoms with van der Waals surface area (Å²) in [6.07, 6.45) is 0. The van der Waals surface area contributed by atoms with Gasteiger partial charge in [0.05, 0.1) is 24.6 Å². The summed E-state index contributed by atoms with van der Waals surface area (Å²) in [6.45, 7) is -1.52. The molecular formula is C38H36F2N4O10. The summed E-state index contributed by atoms with van der Waals surface area (Å²) in [7, 11) is 0. The number of fused-ring (bicyclic) bond motifs is 2. The van der Waals surface area contributed by atoms with Gasteiger partial charge in [0.2, 0.25) is 0 Å². The van der Waals surface area contributed by atoms with Crippen LogP contribution in [0.3, 0.4) is 0 Å². The highest BCUT2D eigenvalue weighted by Crippen LogP contribution is 2.41. The van der Waals surface area contributed by atoms with E-state index < -0.39 is 48.9 Å². The maximum absolute atomic E-state index is 16.3. The summed E-state index contributed by atoms with van der Waals surface area (Å²) in [5, 5.41) is 42.2. The Morgan fingerprint density at radius 1 is 0.648 bits per heavy atom. The van der Waals surface area contributed by atoms with Crippen LogP contribution >= 0.6 is 0 Å². The number of aliphatic hydroxyl groups is 2. The molecule has 2 aliphatic rings. The van der Waals surface area contributed by atoms with Crippen molar-refractivity contribution in [1.82, 2.24) is 10.6 Å². The highest BCUT2D eigenvalue weighted by molar-refractivity contribution is 5.99. The fourth-order valence-corrected chi connectivity index (χ4v) is 6.32. The summed E-state index contributed by atoms with van der Waals surface area (Å²) in [4.78, 5) is 50.6. The van der Waals surface area contributed by atoms with Gasteiger partial charge in [-0.1, -0.05) is 48.5 Å². The van der Waals surface area contributed by atoms with Crippen LogP contribution in [-0.2, 0) is 19.2 Å². The third kappa shape index (κ3) is 7.72. The highest BCUT2D eigenvalue weighted by atomic mass is 19.1. The molecule has 2 amide bonds. The lowest BCUT2D eigenvalue weighted by atomic mass is 9.94. The number of nitrogens with one attached hydrogen (secondary N) is 2. The lowest BCUT2D eigenvalue weighted by Gasteiger charge is -2.30. The number of halogens is 2. The fourth-order valence-electron chi connectivity index (χ4n) is 6.32. The predicted molar refractivity (Wildman–Crippen MR) is 191 cm³/mol. The zero-order valence-electron chi connectivity index (χ0n) is 28.6. The van der Waals surface area contributed by atoms with Crippen molar-refractivity contribution < 1.29 is 57.9 Å². The Balaban J connectivity index is 1.24. The van der Waals surface area contributed by atoms with Gasteiger partial charge in [0.15, 0.2) is 13.2 Å². The van der Waals surface area contributed by atoms with E-state index in [0.717, 1.165) is 0 Å². The average Bonchev–Trinajstić information content (AvgIpc) is 3.16. The number of rotatable bonds is 15. The molecule has 16 heteroatoms. The van der Waals surface area contributed by atoms with E-state index in [1.165, 1.54) is 34.1 Å². The second kappa shape index (κ2) is 16.4. The number of carbonyl (C=O) groups is 4. The zero-order chi connectivity index (χ0) is 38.5. The maximum atomic E-state index is 16.3. The summed E-state index contributed by atoms with van der Waals surface area (Å²) in [5.41, 5.74) is 1.88. The number of aliphatic carboxylic acids is 2. The molecule has 6 N–H and O–H groups in total. The van der Waals surface area contributed by atoms with Crippen molar-refractivity contribution in [3.8, 4) is 44.9 Å². The molecule has 14 nitrogen and oxygen atoms in total. The summed E-state index contributed by atoms with van der Waals surface area (Å²) >= 11 is 0. The topological polar surface area (TPSA) is 198 Å². The molecule has 2 heterocycles. The number of benzene rings is 4. The minimum absolute atomic E-state index is 0.00809. The number of ether oxygens (including phenoxy) is 2. The number of hydrogen-bond acceptors (Lipinski definition) is 10. The van der Waals surface area contributed by atoms with Crippen LogP contribution in [0.4, 0.5) is 20.2 Å². The molecule has 6 rings (SSSR count). The third-order valence-corrected chi connectivity index (χ3v) is 9.13. The number of nitrogens with zero attached hydrogens (tertiary/aromatic N) is 2. The van der Waals surface area contributed by atoms with Gasteiger partial charge >= 0.3 is 11.9 Å². The molecule has 0 bridgehead atoms. The van der Waals surface area contributed by atoms with Gasteiger partial charge < -0.3 is 50.3 Å². The Morgan fingerprint density at radius 3 is 1.41 bits per heavy atom. The Morgan fingerprint density at radius 2 is 1.04 bits per heavy atom. The first-order valence-corrected chi connectivity index (χ1v) is 16.9. The number of carbonyl (C=O) groups excluding carboxylic acids is 2. The first kappa shape index (κ1) is 37.8. The van der Waals surface area contributed by atoms with Crippen molar-refractivity contribution in [3.63, 3.8) is 0 Å². The zero-order valence-corrected chi connectivity index (χ0v) is 28.6. The van der Waals surface area contributed by atoms with Crippen molar-refractivity contribution in [1.29, 1.82) is 0 Å². The van der Waals surface area contributed by atoms with Gasteiger partial charge in [0.25, 0.3) is 11.8 Å². The van der Waals surface area contributed by atoms with Crippen molar-refractivity contribution in [2.24, 2.45) is 0 Å². The monoisotopic (exact) mass is 746 g/mol. The quantitative estimate of drug-likeness (QED) is 0.104. The van der Waals surface area contributed by atoms with Crippen LogP contribution in [0, 0.1) is 11.6 Å². The Bertz CT molecular complexity index is 1950. The van der Waals surface area contributed by atoms with Gasteiger partial charge in [0.1, 0.15) is 35.2 Å². The fraction of sp³-hybridized carbons (Fsp3) is 0.263. The van der Waals surface area contributed by atoms with E-state index in [9.17, 15) is 29.4 Å². The molecule has 0 unspecified atom stereocenters. The van der Waals surface area contributed by atoms with Crippen LogP contribution in [0.5, 0.6) is 11.5 Å². The van der Waals surface area contributed by atoms with Crippen molar-refractivity contribution >= 4 is 35.1 Å². The van der Waals surface area contributed by atoms with E-state index in [0.29, 0.717) is 34.0 Å². The van der Waals surface area contributed by atoms with E-state index in [4.69, 9.17) is 19.7 Å². The molecule has 0 saturated heterocycles. The molecule has 0 radical (unpaired) electrons. The number of amides is 2. The largest absolute Gasteiger partial charge is 0.482 e. The molecule has 2 atom stereocenters. The van der Waals surface area contributed by atoms with E-state index in [2.05, 4.69) is 10.6 Å². The van der Waals surface area contributed by atoms with Crippen molar-refractivity contribution in [2.45, 2.75) is 12.1 Å². The standard InChI is InChI=1S/C38H36F2N4O10/c39-35-23(21-7-9-29-31(15-21)53-19-33(47)43(29)13-11-41-27(17-45)37(49)50)3-1-5-25(35)26-6-2-4-24(36(26)40)22-8-10-30-32(16-22)54-20-34(48)44(30)14-12-42-28(18-46)38(51)52/h1-10,15-16,27-28,41-42,45-46H,11-14,17-20H2,(H,49,50)(H,51,52)/t27-,28-/m0/s1. The smallest absolute Gasteiger partial charge is 0.323 e. The molecule has 2 aliphatic heterocycles. The Kier molecular flexibility index (Phi) is 11.5. The molecule has 0 fully saturated rings. The first-order valence-electron chi connectivity index (χ1n) is 16.9. The van der Waals surface area contributed by atoms with Crippen LogP contribution in [0.1, 0.15) is 0 Å². The van der Waals surface area contributed by atoms with Gasteiger partial charge in [-0.25, -0.2) is 8.78 Å². The van der Waals surface area contributed by atoms with E-state index in [-0.39, 0.29) is 73.5 Å². The molecule has 0 aromatic heterocycles. The van der Waals surface area contributed by atoms with Crippen molar-refractivity contribution in [2.75, 3.05) is 62.4 Å². The number of aliphatic hydroxyl groups excluding tert-OH is 2. The van der Waals surface area contributed by atoms with E-state index in [1.54, 1.807) is 48.5 Å². The minimum atomic E-state index is -1.23. The van der Waals surface area contributed by atoms with Gasteiger partial charge in [0, 0.05) is 48.4 Å². The Labute approximate surface area is 307 Å². The molecule has 4 aromatic rings. The van der Waals surface area contributed by atoms with Gasteiger partial charge in [-0.15, -0.1) is 0 Å². The first-order chi connectivity index (χ1) is 26.0. The molecule has 0 aliphatic carbocycles. The summed E-state index contributed by atoms with van der Waals surface area (Å²) < 4.78 is 44.0.